The zero-order chi connectivity index (χ0) is 12.8. The van der Waals surface area contributed by atoms with Gasteiger partial charge in [-0.3, -0.25) is 0 Å². The van der Waals surface area contributed by atoms with Crippen molar-refractivity contribution in [3.8, 4) is 5.75 Å². The van der Waals surface area contributed by atoms with E-state index in [0.29, 0.717) is 6.54 Å². The van der Waals surface area contributed by atoms with Gasteiger partial charge in [0, 0.05) is 32.0 Å². The van der Waals surface area contributed by atoms with Gasteiger partial charge in [0.2, 0.25) is 0 Å². The Bertz CT molecular complexity index is 353. The summed E-state index contributed by atoms with van der Waals surface area (Å²) < 4.78 is 18.4. The summed E-state index contributed by atoms with van der Waals surface area (Å²) in [6, 6.07) is 4.87. The molecule has 3 nitrogen and oxygen atoms in total. The van der Waals surface area contributed by atoms with Crippen molar-refractivity contribution in [2.45, 2.75) is 13.3 Å². The minimum absolute atomic E-state index is 0.152. The number of halogens is 1. The van der Waals surface area contributed by atoms with Crippen LogP contribution < -0.4 is 9.64 Å². The lowest BCUT2D eigenvalue weighted by atomic mass is 10.1. The Labute approximate surface area is 102 Å². The van der Waals surface area contributed by atoms with Crippen LogP contribution in [0.25, 0.3) is 0 Å². The van der Waals surface area contributed by atoms with E-state index in [1.165, 1.54) is 13.2 Å². The van der Waals surface area contributed by atoms with Crippen LogP contribution in [-0.2, 0) is 0 Å². The van der Waals surface area contributed by atoms with Crippen LogP contribution in [0, 0.1) is 11.7 Å². The van der Waals surface area contributed by atoms with Crippen molar-refractivity contribution in [3.05, 3.63) is 24.0 Å². The first-order valence-corrected chi connectivity index (χ1v) is 5.77. The van der Waals surface area contributed by atoms with Crippen LogP contribution >= 0.6 is 0 Å². The van der Waals surface area contributed by atoms with E-state index in [-0.39, 0.29) is 24.1 Å². The summed E-state index contributed by atoms with van der Waals surface area (Å²) in [7, 11) is 3.33. The fourth-order valence-electron chi connectivity index (χ4n) is 1.70. The molecule has 0 aromatic heterocycles. The Morgan fingerprint density at radius 3 is 2.65 bits per heavy atom. The number of benzene rings is 1. The maximum Gasteiger partial charge on any atom is 0.167 e. The first-order chi connectivity index (χ1) is 8.12. The zero-order valence-corrected chi connectivity index (χ0v) is 10.6. The third-order valence-electron chi connectivity index (χ3n) is 2.94. The first kappa shape index (κ1) is 13.8. The Balaban J connectivity index is 2.75. The lowest BCUT2D eigenvalue weighted by Crippen LogP contribution is -2.27. The van der Waals surface area contributed by atoms with Crippen molar-refractivity contribution in [2.24, 2.45) is 5.92 Å². The average Bonchev–Trinajstić information content (AvgIpc) is 2.35. The van der Waals surface area contributed by atoms with Crippen LogP contribution in [0.4, 0.5) is 10.1 Å². The molecule has 0 amide bonds. The highest BCUT2D eigenvalue weighted by atomic mass is 19.1. The van der Waals surface area contributed by atoms with Gasteiger partial charge in [-0.15, -0.1) is 0 Å². The molecule has 1 N–H and O–H groups in total. The number of aliphatic hydroxyl groups excluding tert-OH is 1. The third-order valence-corrected chi connectivity index (χ3v) is 2.94. The molecule has 17 heavy (non-hydrogen) atoms. The summed E-state index contributed by atoms with van der Waals surface area (Å²) in [6.07, 6.45) is 0.902. The van der Waals surface area contributed by atoms with Crippen molar-refractivity contribution >= 4 is 5.69 Å². The fraction of sp³-hybridized carbons (Fsp3) is 0.538. The smallest absolute Gasteiger partial charge is 0.167 e. The van der Waals surface area contributed by atoms with E-state index in [4.69, 9.17) is 9.84 Å². The quantitative estimate of drug-likeness (QED) is 0.829. The number of methoxy groups -OCH3 is 1. The monoisotopic (exact) mass is 241 g/mol. The predicted octanol–water partition coefficient (Wildman–Crippen LogP) is 2.29. The molecule has 1 atom stereocenters. The van der Waals surface area contributed by atoms with Gasteiger partial charge in [-0.2, -0.15) is 0 Å². The molecule has 1 aromatic rings. The largest absolute Gasteiger partial charge is 0.494 e. The van der Waals surface area contributed by atoms with Crippen LogP contribution in [0.1, 0.15) is 13.3 Å². The maximum absolute atomic E-state index is 13.5. The Kier molecular flexibility index (Phi) is 5.22. The molecule has 0 aliphatic carbocycles. The van der Waals surface area contributed by atoms with Gasteiger partial charge in [-0.1, -0.05) is 6.92 Å². The second-order valence-corrected chi connectivity index (χ2v) is 4.16. The first-order valence-electron chi connectivity index (χ1n) is 5.77. The molecule has 0 saturated carbocycles. The number of hydrogen-bond donors (Lipinski definition) is 1. The summed E-state index contributed by atoms with van der Waals surface area (Å²) >= 11 is 0. The van der Waals surface area contributed by atoms with Gasteiger partial charge in [-0.25, -0.2) is 4.39 Å². The molecular formula is C13H20FNO2. The molecule has 0 aliphatic heterocycles. The maximum atomic E-state index is 13.5. The molecule has 0 fully saturated rings. The SMILES string of the molecule is CCC(CO)CN(C)c1ccc(OC)c(F)c1. The number of hydrogen-bond acceptors (Lipinski definition) is 3. The third kappa shape index (κ3) is 3.60. The van der Waals surface area contributed by atoms with E-state index < -0.39 is 0 Å². The van der Waals surface area contributed by atoms with E-state index >= 15 is 0 Å². The Hall–Kier alpha value is -1.29. The number of anilines is 1. The summed E-state index contributed by atoms with van der Waals surface area (Å²) in [5.41, 5.74) is 0.787. The molecule has 4 heteroatoms. The van der Waals surface area contributed by atoms with Crippen LogP contribution in [0.5, 0.6) is 5.75 Å². The number of ether oxygens (including phenoxy) is 1. The molecule has 0 saturated heterocycles. The predicted molar refractivity (Wildman–Crippen MR) is 67.1 cm³/mol. The molecule has 1 rings (SSSR count). The van der Waals surface area contributed by atoms with E-state index in [2.05, 4.69) is 0 Å². The number of aliphatic hydroxyl groups is 1. The van der Waals surface area contributed by atoms with E-state index in [9.17, 15) is 4.39 Å². The standard InChI is InChI=1S/C13H20FNO2/c1-4-10(9-16)8-15(2)11-5-6-13(17-3)12(14)7-11/h5-7,10,16H,4,8-9H2,1-3H3. The van der Waals surface area contributed by atoms with Gasteiger partial charge >= 0.3 is 0 Å². The topological polar surface area (TPSA) is 32.7 Å². The van der Waals surface area contributed by atoms with Gasteiger partial charge in [0.25, 0.3) is 0 Å². The minimum atomic E-state index is -0.367. The van der Waals surface area contributed by atoms with E-state index in [1.807, 2.05) is 24.9 Å². The van der Waals surface area contributed by atoms with Gasteiger partial charge in [0.05, 0.1) is 7.11 Å². The summed E-state index contributed by atoms with van der Waals surface area (Å²) in [5.74, 6) is 0.0930. The molecule has 1 unspecified atom stereocenters. The van der Waals surface area contributed by atoms with Crippen molar-refractivity contribution in [3.63, 3.8) is 0 Å². The normalized spacial score (nSPS) is 12.3. The second kappa shape index (κ2) is 6.45. The van der Waals surface area contributed by atoms with E-state index in [1.54, 1.807) is 6.07 Å². The van der Waals surface area contributed by atoms with Crippen LogP contribution in [0.15, 0.2) is 18.2 Å². The number of rotatable bonds is 6. The highest BCUT2D eigenvalue weighted by molar-refractivity contribution is 5.49. The lowest BCUT2D eigenvalue weighted by Gasteiger charge is -2.24. The van der Waals surface area contributed by atoms with Gasteiger partial charge in [0.15, 0.2) is 11.6 Å². The molecule has 0 radical (unpaired) electrons. The molecule has 1 aromatic carbocycles. The summed E-state index contributed by atoms with van der Waals surface area (Å²) in [5, 5.41) is 9.14. The molecule has 0 bridgehead atoms. The molecule has 0 heterocycles. The van der Waals surface area contributed by atoms with Crippen LogP contribution in [-0.4, -0.2) is 32.4 Å². The van der Waals surface area contributed by atoms with Crippen molar-refractivity contribution in [1.82, 2.24) is 0 Å². The highest BCUT2D eigenvalue weighted by Gasteiger charge is 2.11. The van der Waals surface area contributed by atoms with Gasteiger partial charge in [-0.05, 0) is 24.5 Å². The summed E-state index contributed by atoms with van der Waals surface area (Å²) in [6.45, 7) is 2.89. The molecule has 96 valence electrons. The van der Waals surface area contributed by atoms with Gasteiger partial charge < -0.3 is 14.7 Å². The molecule has 0 spiro atoms. The molecular weight excluding hydrogens is 221 g/mol. The van der Waals surface area contributed by atoms with Crippen LogP contribution in [0.2, 0.25) is 0 Å². The Morgan fingerprint density at radius 1 is 1.47 bits per heavy atom. The molecule has 0 aliphatic rings. The zero-order valence-electron chi connectivity index (χ0n) is 10.6. The van der Waals surface area contributed by atoms with Crippen molar-refractivity contribution in [1.29, 1.82) is 0 Å². The minimum Gasteiger partial charge on any atom is -0.494 e. The fourth-order valence-corrected chi connectivity index (χ4v) is 1.70. The highest BCUT2D eigenvalue weighted by Crippen LogP contribution is 2.23. The summed E-state index contributed by atoms with van der Waals surface area (Å²) in [4.78, 5) is 1.94. The van der Waals surface area contributed by atoms with Crippen molar-refractivity contribution < 1.29 is 14.2 Å². The second-order valence-electron chi connectivity index (χ2n) is 4.16. The van der Waals surface area contributed by atoms with Crippen LogP contribution in [0.3, 0.4) is 0 Å². The van der Waals surface area contributed by atoms with Crippen molar-refractivity contribution in [2.75, 3.05) is 32.2 Å². The lowest BCUT2D eigenvalue weighted by molar-refractivity contribution is 0.225. The average molecular weight is 241 g/mol. The number of nitrogens with zero attached hydrogens (tertiary/aromatic N) is 1. The van der Waals surface area contributed by atoms with Gasteiger partial charge in [0.1, 0.15) is 0 Å². The van der Waals surface area contributed by atoms with E-state index in [0.717, 1.165) is 12.1 Å². The Morgan fingerprint density at radius 2 is 2.18 bits per heavy atom.